The molecule has 136 valence electrons. The van der Waals surface area contributed by atoms with E-state index in [1.165, 1.54) is 20.5 Å². The van der Waals surface area contributed by atoms with Crippen molar-refractivity contribution in [3.63, 3.8) is 0 Å². The van der Waals surface area contributed by atoms with Crippen LogP contribution in [0.15, 0.2) is 15.9 Å². The van der Waals surface area contributed by atoms with Gasteiger partial charge in [-0.3, -0.25) is 19.1 Å². The van der Waals surface area contributed by atoms with Crippen LogP contribution in [0.2, 0.25) is 0 Å². The fourth-order valence-electron chi connectivity index (χ4n) is 2.44. The fraction of sp³-hybridized carbons (Fsp3) is 0.571. The van der Waals surface area contributed by atoms with Crippen LogP contribution >= 0.6 is 0 Å². The van der Waals surface area contributed by atoms with E-state index >= 15 is 0 Å². The molecule has 0 fully saturated rings. The van der Waals surface area contributed by atoms with Crippen LogP contribution in [0.1, 0.15) is 33.1 Å². The van der Waals surface area contributed by atoms with Crippen molar-refractivity contribution in [2.24, 2.45) is 0 Å². The molecule has 0 spiro atoms. The van der Waals surface area contributed by atoms with Gasteiger partial charge in [-0.15, -0.1) is 5.10 Å². The first-order chi connectivity index (χ1) is 12.0. The molecule has 0 atom stereocenters. The molecule has 0 saturated carbocycles. The van der Waals surface area contributed by atoms with Gasteiger partial charge in [-0.2, -0.15) is 0 Å². The van der Waals surface area contributed by atoms with E-state index in [0.29, 0.717) is 13.0 Å². The van der Waals surface area contributed by atoms with E-state index in [1.54, 1.807) is 0 Å². The summed E-state index contributed by atoms with van der Waals surface area (Å²) < 4.78 is 2.54. The molecule has 3 N–H and O–H groups in total. The van der Waals surface area contributed by atoms with Crippen molar-refractivity contribution >= 4 is 17.4 Å². The number of anilines is 2. The summed E-state index contributed by atoms with van der Waals surface area (Å²) in [4.78, 5) is 40.5. The molecule has 0 saturated heterocycles. The van der Waals surface area contributed by atoms with Crippen molar-refractivity contribution in [2.75, 3.05) is 17.2 Å². The van der Waals surface area contributed by atoms with Gasteiger partial charge in [0, 0.05) is 13.1 Å². The number of rotatable bonds is 8. The third-order valence-electron chi connectivity index (χ3n) is 3.66. The number of carbonyl (C=O) groups is 1. The molecular formula is C14H22N8O3. The zero-order chi connectivity index (χ0) is 18.4. The molecule has 2 aromatic rings. The third-order valence-corrected chi connectivity index (χ3v) is 3.66. The minimum absolute atomic E-state index is 0.0132. The summed E-state index contributed by atoms with van der Waals surface area (Å²) in [5.41, 5.74) is 4.79. The van der Waals surface area contributed by atoms with E-state index in [9.17, 15) is 14.4 Å². The summed E-state index contributed by atoms with van der Waals surface area (Å²) in [5, 5.41) is 10.6. The Labute approximate surface area is 143 Å². The maximum atomic E-state index is 12.6. The Bertz CT molecular complexity index is 824. The van der Waals surface area contributed by atoms with Gasteiger partial charge >= 0.3 is 5.69 Å². The molecule has 0 radical (unpaired) electrons. The second-order valence-corrected chi connectivity index (χ2v) is 5.55. The maximum absolute atomic E-state index is 12.6. The Morgan fingerprint density at radius 2 is 2.08 bits per heavy atom. The zero-order valence-electron chi connectivity index (χ0n) is 14.3. The highest BCUT2D eigenvalue weighted by molar-refractivity contribution is 5.95. The molecule has 11 nitrogen and oxygen atoms in total. The third kappa shape index (κ3) is 4.11. The van der Waals surface area contributed by atoms with Gasteiger partial charge in [0.1, 0.15) is 18.7 Å². The van der Waals surface area contributed by atoms with Crippen LogP contribution in [-0.2, 0) is 17.9 Å². The smallest absolute Gasteiger partial charge is 0.330 e. The summed E-state index contributed by atoms with van der Waals surface area (Å²) in [6.07, 6.45) is 3.49. The van der Waals surface area contributed by atoms with E-state index in [4.69, 9.17) is 5.73 Å². The molecule has 0 aliphatic heterocycles. The second-order valence-electron chi connectivity index (χ2n) is 5.55. The van der Waals surface area contributed by atoms with Gasteiger partial charge in [0.05, 0.1) is 0 Å². The summed E-state index contributed by atoms with van der Waals surface area (Å²) in [6.45, 7) is 4.36. The van der Waals surface area contributed by atoms with Gasteiger partial charge in [0.2, 0.25) is 5.91 Å². The van der Waals surface area contributed by atoms with Gasteiger partial charge in [-0.1, -0.05) is 20.3 Å². The number of aromatic nitrogens is 6. The lowest BCUT2D eigenvalue weighted by Gasteiger charge is -2.24. The average Bonchev–Trinajstić information content (AvgIpc) is 3.06. The SMILES string of the molecule is CCCCn1c(N)c(N(CCC)C(=O)Cn2cnnn2)c(=O)[nH]c1=O. The van der Waals surface area contributed by atoms with Crippen LogP contribution in [0, 0.1) is 0 Å². The van der Waals surface area contributed by atoms with Crippen LogP contribution in [-0.4, -0.2) is 42.2 Å². The number of nitrogens with one attached hydrogen (secondary N) is 1. The van der Waals surface area contributed by atoms with Crippen molar-refractivity contribution in [1.82, 2.24) is 29.8 Å². The van der Waals surface area contributed by atoms with E-state index in [0.717, 1.165) is 12.8 Å². The summed E-state index contributed by atoms with van der Waals surface area (Å²) in [5.74, 6) is -0.409. The minimum Gasteiger partial charge on any atom is -0.383 e. The number of tetrazole rings is 1. The van der Waals surface area contributed by atoms with Gasteiger partial charge < -0.3 is 10.6 Å². The first kappa shape index (κ1) is 18.4. The number of nitrogens with two attached hydrogens (primary N) is 1. The predicted molar refractivity (Wildman–Crippen MR) is 91.1 cm³/mol. The molecule has 0 unspecified atom stereocenters. The predicted octanol–water partition coefficient (Wildman–Crippen LogP) is -0.651. The first-order valence-corrected chi connectivity index (χ1v) is 8.13. The Morgan fingerprint density at radius 3 is 2.68 bits per heavy atom. The maximum Gasteiger partial charge on any atom is 0.330 e. The molecule has 11 heteroatoms. The zero-order valence-corrected chi connectivity index (χ0v) is 14.3. The summed E-state index contributed by atoms with van der Waals surface area (Å²) in [7, 11) is 0. The molecular weight excluding hydrogens is 328 g/mol. The highest BCUT2D eigenvalue weighted by atomic mass is 16.2. The molecule has 0 bridgehead atoms. The van der Waals surface area contributed by atoms with Crippen LogP contribution in [0.3, 0.4) is 0 Å². The van der Waals surface area contributed by atoms with Crippen LogP contribution in [0.4, 0.5) is 11.5 Å². The number of aromatic amines is 1. The molecule has 25 heavy (non-hydrogen) atoms. The fourth-order valence-corrected chi connectivity index (χ4v) is 2.44. The van der Waals surface area contributed by atoms with Crippen molar-refractivity contribution in [2.45, 2.75) is 46.2 Å². The number of amides is 1. The number of nitrogens with zero attached hydrogens (tertiary/aromatic N) is 6. The van der Waals surface area contributed by atoms with Crippen LogP contribution < -0.4 is 21.9 Å². The molecule has 0 aromatic carbocycles. The lowest BCUT2D eigenvalue weighted by molar-refractivity contribution is -0.119. The summed E-state index contributed by atoms with van der Waals surface area (Å²) >= 11 is 0. The quantitative estimate of drug-likeness (QED) is 0.643. The molecule has 2 heterocycles. The highest BCUT2D eigenvalue weighted by Gasteiger charge is 2.24. The minimum atomic E-state index is -0.686. The van der Waals surface area contributed by atoms with Crippen LogP contribution in [0.25, 0.3) is 0 Å². The Morgan fingerprint density at radius 1 is 1.32 bits per heavy atom. The number of unbranched alkanes of at least 4 members (excludes halogenated alkanes) is 1. The van der Waals surface area contributed by atoms with E-state index in [2.05, 4.69) is 20.5 Å². The van der Waals surface area contributed by atoms with Gasteiger partial charge in [-0.05, 0) is 23.3 Å². The lowest BCUT2D eigenvalue weighted by Crippen LogP contribution is -2.42. The van der Waals surface area contributed by atoms with Gasteiger partial charge in [0.25, 0.3) is 5.56 Å². The topological polar surface area (TPSA) is 145 Å². The molecule has 2 rings (SSSR count). The number of hydrogen-bond acceptors (Lipinski definition) is 7. The summed E-state index contributed by atoms with van der Waals surface area (Å²) in [6, 6.07) is 0. The first-order valence-electron chi connectivity index (χ1n) is 8.13. The molecule has 2 aromatic heterocycles. The van der Waals surface area contributed by atoms with E-state index < -0.39 is 17.2 Å². The average molecular weight is 350 g/mol. The monoisotopic (exact) mass is 350 g/mol. The standard InChI is InChI=1S/C14H22N8O3/c1-3-5-7-22-12(15)11(13(24)17-14(22)25)21(6-4-2)10(23)8-20-9-16-18-19-20/h9H,3-8,15H2,1-2H3,(H,17,24,25). The highest BCUT2D eigenvalue weighted by Crippen LogP contribution is 2.18. The largest absolute Gasteiger partial charge is 0.383 e. The van der Waals surface area contributed by atoms with Gasteiger partial charge in [-0.25, -0.2) is 9.48 Å². The van der Waals surface area contributed by atoms with Crippen molar-refractivity contribution in [1.29, 1.82) is 0 Å². The molecule has 0 aliphatic rings. The Hall–Kier alpha value is -2.98. The normalized spacial score (nSPS) is 10.8. The van der Waals surface area contributed by atoms with Gasteiger partial charge in [0.15, 0.2) is 5.69 Å². The van der Waals surface area contributed by atoms with E-state index in [1.807, 2.05) is 13.8 Å². The second kappa shape index (κ2) is 8.22. The Balaban J connectivity index is 2.44. The van der Waals surface area contributed by atoms with Crippen molar-refractivity contribution in [3.8, 4) is 0 Å². The lowest BCUT2D eigenvalue weighted by atomic mass is 10.3. The van der Waals surface area contributed by atoms with Crippen LogP contribution in [0.5, 0.6) is 0 Å². The Kier molecular flexibility index (Phi) is 6.03. The molecule has 0 aliphatic carbocycles. The number of H-pyrrole nitrogens is 1. The van der Waals surface area contributed by atoms with Crippen molar-refractivity contribution < 1.29 is 4.79 Å². The number of nitrogen functional groups attached to an aromatic ring is 1. The number of carbonyl (C=O) groups excluding carboxylic acids is 1. The number of hydrogen-bond donors (Lipinski definition) is 2. The molecule has 1 amide bonds. The van der Waals surface area contributed by atoms with E-state index in [-0.39, 0.29) is 24.6 Å². The van der Waals surface area contributed by atoms with Crippen molar-refractivity contribution in [3.05, 3.63) is 27.2 Å².